The summed E-state index contributed by atoms with van der Waals surface area (Å²) in [6.07, 6.45) is 39.0. The van der Waals surface area contributed by atoms with Crippen molar-refractivity contribution in [3.05, 3.63) is 262 Å². The number of rotatable bonds is 18. The minimum Gasteiger partial charge on any atom is -0.543 e. The van der Waals surface area contributed by atoms with Crippen molar-refractivity contribution >= 4 is 105 Å². The van der Waals surface area contributed by atoms with E-state index in [0.29, 0.717) is 59.6 Å². The van der Waals surface area contributed by atoms with Crippen LogP contribution in [0.2, 0.25) is 10.0 Å². The molecule has 4 aliphatic carbocycles. The quantitative estimate of drug-likeness (QED) is 0.0442. The van der Waals surface area contributed by atoms with E-state index in [4.69, 9.17) is 40.5 Å². The third-order valence-corrected chi connectivity index (χ3v) is 19.1. The number of carboxylic acid groups (broad SMARTS) is 1. The van der Waals surface area contributed by atoms with E-state index in [1.165, 1.54) is 99.5 Å². The molecular formula is C75H75Cl4LiN26O7. The Balaban J connectivity index is 0.000000131. The number of aromatic carboxylic acids is 1. The van der Waals surface area contributed by atoms with Gasteiger partial charge in [-0.2, -0.15) is 10.2 Å². The van der Waals surface area contributed by atoms with Crippen LogP contribution in [0.5, 0.6) is 0 Å². The van der Waals surface area contributed by atoms with Gasteiger partial charge in [-0.1, -0.05) is 54.0 Å². The van der Waals surface area contributed by atoms with Gasteiger partial charge in [-0.25, -0.2) is 68.3 Å². The summed E-state index contributed by atoms with van der Waals surface area (Å²) in [7, 11) is 2.63. The van der Waals surface area contributed by atoms with Gasteiger partial charge in [0.1, 0.15) is 35.3 Å². The van der Waals surface area contributed by atoms with Crippen LogP contribution < -0.4 is 35.0 Å². The number of nitrogens with two attached hydrogens (primary N) is 1. The Bertz CT molecular complexity index is 5980. The summed E-state index contributed by atoms with van der Waals surface area (Å²) in [4.78, 5) is 83.4. The standard InChI is InChI=1S/C22H19ClN8O.C16H16N4O2.C13H12N6O2.C11H11ClN2.C8H8ClN3.C4H5N3O2.CH4.ClH.Li/c23-16-5-6-29-12-25-18(19(29)7-16)8-24-22(32)21-26-13-31(28-21)11-17-10-30-9-15(14-1-2-14)3-4-20(30)27-17;1-22-16(21)14-9-19(10-17-14)7-13-8-20-6-12(11-2-3-11)4-5-15(20)18-13;20-13(21)11-7-18(17-15-11)5-9-6-19-12(14-9)4-3-10(16-19)8-1-2-8;12-5-10-7-14-6-9(8-1-2-8)3-4-11(14)13-10;9-6-1-2-12-5-11-7(4-10)8(12)3-6;1-9-4(8)3-5-2-6-7-3;;;/h3-7,9-10,12-14H,1-2,8,11H2,(H,24,32);4-6,8-11H,2-3,7H2,1H3;3-4,6-8H,1-2,5H2,(H,20,21);3-4,6-8H,1-2,5H2;1-3,5H,4,10H2;2H,1H3,(H,5,6,7);1H4;1H;/q;;;;;;;;+1/p-1. The number of esters is 2. The number of hydrogen-bond donors (Lipinski definition) is 3. The third kappa shape index (κ3) is 20.2. The van der Waals surface area contributed by atoms with Gasteiger partial charge in [0, 0.05) is 78.3 Å². The number of methoxy groups -OCH3 is 2. The minimum atomic E-state index is -1.34. The number of ether oxygens (including phenoxy) is 2. The average molecular weight is 1600 g/mol. The molecule has 0 bridgehead atoms. The molecule has 0 unspecified atom stereocenters. The number of aromatic amines is 1. The summed E-state index contributed by atoms with van der Waals surface area (Å²) < 4.78 is 25.5. The smallest absolute Gasteiger partial charge is 0.543 e. The molecule has 4 fully saturated rings. The number of nitrogens with zero attached hydrogens (tertiary/aromatic N) is 23. The van der Waals surface area contributed by atoms with Gasteiger partial charge < -0.3 is 57.0 Å². The van der Waals surface area contributed by atoms with Crippen LogP contribution in [0.25, 0.3) is 33.6 Å². The predicted molar refractivity (Wildman–Crippen MR) is 412 cm³/mol. The zero-order valence-electron chi connectivity index (χ0n) is 60.6. The molecule has 0 radical (unpaired) electrons. The van der Waals surface area contributed by atoms with Crippen LogP contribution in [0.15, 0.2) is 173 Å². The number of H-pyrrole nitrogens is 1. The van der Waals surface area contributed by atoms with Crippen molar-refractivity contribution in [2.45, 2.75) is 121 Å². The molecule has 4 saturated carbocycles. The fourth-order valence-corrected chi connectivity index (χ4v) is 12.5. The molecule has 33 nitrogen and oxygen atoms in total. The number of hydrogen-bond acceptors (Lipinski definition) is 22. The number of fused-ring (bicyclic) bond motifs is 6. The first-order valence-corrected chi connectivity index (χ1v) is 36.4. The molecule has 4 aliphatic rings. The Morgan fingerprint density at radius 1 is 0.558 bits per heavy atom. The van der Waals surface area contributed by atoms with Gasteiger partial charge in [-0.3, -0.25) is 9.89 Å². The maximum Gasteiger partial charge on any atom is 1.00 e. The molecule has 576 valence electrons. The molecule has 113 heavy (non-hydrogen) atoms. The topological polar surface area (TPSA) is 385 Å². The largest absolute Gasteiger partial charge is 1.00 e. The van der Waals surface area contributed by atoms with Gasteiger partial charge in [0.25, 0.3) is 5.91 Å². The predicted octanol–water partition coefficient (Wildman–Crippen LogP) is 6.99. The van der Waals surface area contributed by atoms with Crippen molar-refractivity contribution in [1.82, 2.24) is 121 Å². The van der Waals surface area contributed by atoms with E-state index < -0.39 is 17.9 Å². The minimum absolute atomic E-state index is 0. The normalized spacial score (nSPS) is 13.3. The average Bonchev–Trinajstić information content (AvgIpc) is 1.66. The molecule has 0 aromatic carbocycles. The number of carbonyl (C=O) groups is 4. The summed E-state index contributed by atoms with van der Waals surface area (Å²) in [5.74, 6) is 0.871. The molecule has 16 heterocycles. The summed E-state index contributed by atoms with van der Waals surface area (Å²) in [5.41, 5.74) is 21.3. The fraction of sp³-hybridized carbons (Fsp3) is 0.280. The number of nitrogens with one attached hydrogen (secondary N) is 2. The maximum atomic E-state index is 12.5. The Labute approximate surface area is 677 Å². The Hall–Kier alpha value is -11.7. The Kier molecular flexibility index (Phi) is 25.9. The maximum absolute atomic E-state index is 12.5. The van der Waals surface area contributed by atoms with Gasteiger partial charge in [0.2, 0.25) is 11.6 Å². The number of halogens is 4. The van der Waals surface area contributed by atoms with Crippen molar-refractivity contribution in [3.8, 4) is 0 Å². The number of imidazole rings is 7. The molecule has 1 amide bonds. The molecule has 0 saturated heterocycles. The first-order chi connectivity index (χ1) is 53.5. The summed E-state index contributed by atoms with van der Waals surface area (Å²) >= 11 is 17.6. The number of alkyl halides is 1. The molecule has 0 aliphatic heterocycles. The second kappa shape index (κ2) is 36.2. The molecule has 0 atom stereocenters. The van der Waals surface area contributed by atoms with E-state index in [-0.39, 0.29) is 68.5 Å². The molecule has 16 aromatic rings. The Morgan fingerprint density at radius 3 is 1.63 bits per heavy atom. The molecule has 38 heteroatoms. The van der Waals surface area contributed by atoms with Crippen LogP contribution >= 0.6 is 47.2 Å². The SMILES string of the molecule is C.COC(=O)c1cn(Cc2cn3cc(C4CC4)ccc3n2)cn1.COC(=O)c1ncn[nH]1.Cl.ClCc1cn2cc(C3CC3)ccc2n1.NCc1ncn2ccc(Cl)cc12.O=C(NCc1ncn2ccc(Cl)cc12)c1ncn(Cc2cn3cc(C4CC4)ccc3n2)n1.O=C([O-])c1cn(Cc2cn3nc(C4CC4)ccc3n2)nn1.[Li+]. The number of carbonyl (C=O) groups excluding carboxylic acids is 4. The van der Waals surface area contributed by atoms with Gasteiger partial charge in [-0.05, 0) is 140 Å². The number of carboxylic acids is 1. The monoisotopic (exact) mass is 1600 g/mol. The van der Waals surface area contributed by atoms with Gasteiger partial charge >= 0.3 is 30.8 Å². The van der Waals surface area contributed by atoms with Crippen LogP contribution in [-0.2, 0) is 48.1 Å². The zero-order chi connectivity index (χ0) is 75.9. The van der Waals surface area contributed by atoms with E-state index in [9.17, 15) is 24.3 Å². The van der Waals surface area contributed by atoms with E-state index in [2.05, 4.69) is 152 Å². The van der Waals surface area contributed by atoms with Crippen LogP contribution in [0, 0.1) is 0 Å². The number of aromatic nitrogens is 24. The summed E-state index contributed by atoms with van der Waals surface area (Å²) in [6, 6.07) is 23.9. The van der Waals surface area contributed by atoms with Gasteiger partial charge in [0.05, 0.1) is 135 Å². The van der Waals surface area contributed by atoms with E-state index in [0.717, 1.165) is 85.3 Å². The van der Waals surface area contributed by atoms with Crippen LogP contribution in [-0.4, -0.2) is 154 Å². The van der Waals surface area contributed by atoms with Gasteiger partial charge in [0.15, 0.2) is 11.3 Å². The molecule has 0 spiro atoms. The van der Waals surface area contributed by atoms with E-state index >= 15 is 0 Å². The summed E-state index contributed by atoms with van der Waals surface area (Å²) in [6.45, 7) is 2.04. The van der Waals surface area contributed by atoms with Crippen molar-refractivity contribution in [3.63, 3.8) is 0 Å². The van der Waals surface area contributed by atoms with Crippen LogP contribution in [0.1, 0.15) is 181 Å². The van der Waals surface area contributed by atoms with Crippen molar-refractivity contribution in [1.29, 1.82) is 0 Å². The molecular weight excluding hydrogens is 1530 g/mol. The van der Waals surface area contributed by atoms with Gasteiger partial charge in [-0.15, -0.1) is 34.2 Å². The first-order valence-electron chi connectivity index (χ1n) is 35.1. The zero-order valence-corrected chi connectivity index (χ0v) is 63.7. The van der Waals surface area contributed by atoms with E-state index in [1.54, 1.807) is 46.8 Å². The van der Waals surface area contributed by atoms with Crippen molar-refractivity contribution in [2.75, 3.05) is 14.2 Å². The van der Waals surface area contributed by atoms with Crippen LogP contribution in [0.4, 0.5) is 0 Å². The van der Waals surface area contributed by atoms with Crippen molar-refractivity contribution < 1.29 is 52.6 Å². The second-order valence-corrected chi connectivity index (χ2v) is 27.7. The molecule has 16 aromatic heterocycles. The van der Waals surface area contributed by atoms with Crippen molar-refractivity contribution in [2.24, 2.45) is 5.73 Å². The number of pyridine rings is 5. The third-order valence-electron chi connectivity index (χ3n) is 18.3. The summed E-state index contributed by atoms with van der Waals surface area (Å²) in [5, 5.41) is 36.7. The first kappa shape index (κ1) is 80.8. The molecule has 4 N–H and O–H groups in total. The Morgan fingerprint density at radius 2 is 1.09 bits per heavy atom. The fourth-order valence-electron chi connectivity index (χ4n) is 12.1. The second-order valence-electron chi connectivity index (χ2n) is 26.6. The number of amides is 1. The van der Waals surface area contributed by atoms with E-state index in [1.807, 2.05) is 86.9 Å². The molecule has 20 rings (SSSR count). The van der Waals surface area contributed by atoms with Crippen LogP contribution in [0.3, 0.4) is 0 Å².